The molecule has 0 radical (unpaired) electrons. The number of morpholine rings is 1. The second-order valence-electron chi connectivity index (χ2n) is 8.19. The van der Waals surface area contributed by atoms with Gasteiger partial charge in [-0.2, -0.15) is 4.31 Å². The summed E-state index contributed by atoms with van der Waals surface area (Å²) >= 11 is 0. The normalized spacial score (nSPS) is 18.4. The van der Waals surface area contributed by atoms with E-state index in [9.17, 15) is 13.2 Å². The van der Waals surface area contributed by atoms with Gasteiger partial charge in [-0.15, -0.1) is 0 Å². The van der Waals surface area contributed by atoms with Crippen molar-refractivity contribution in [2.75, 3.05) is 37.7 Å². The SMILES string of the molecule is CCN1C(=O)C(=Cc2cn(CC)c3ccccc23)c2cc(S(=O)(=O)N3CCOCC3)ccc21. The van der Waals surface area contributed by atoms with Crippen LogP contribution >= 0.6 is 0 Å². The van der Waals surface area contributed by atoms with E-state index in [4.69, 9.17) is 4.74 Å². The van der Waals surface area contributed by atoms with E-state index in [2.05, 4.69) is 17.6 Å². The standard InChI is InChI=1S/C25H27N3O4S/c1-3-26-17-18(20-7-5-6-8-23(20)26)15-22-21-16-19(9-10-24(21)28(4-2)25(22)29)33(30,31)27-11-13-32-14-12-27/h5-10,15-17H,3-4,11-14H2,1-2H3. The third-order valence-corrected chi connectivity index (χ3v) is 8.30. The Morgan fingerprint density at radius 3 is 2.52 bits per heavy atom. The molecule has 7 nitrogen and oxygen atoms in total. The zero-order valence-electron chi connectivity index (χ0n) is 18.8. The molecule has 3 aromatic rings. The molecule has 0 N–H and O–H groups in total. The summed E-state index contributed by atoms with van der Waals surface area (Å²) in [5.41, 5.74) is 3.97. The number of carbonyl (C=O) groups excluding carboxylic acids is 1. The molecule has 0 spiro atoms. The van der Waals surface area contributed by atoms with E-state index < -0.39 is 10.0 Å². The van der Waals surface area contributed by atoms with E-state index >= 15 is 0 Å². The molecule has 3 heterocycles. The molecule has 0 unspecified atom stereocenters. The number of fused-ring (bicyclic) bond motifs is 2. The number of benzene rings is 2. The van der Waals surface area contributed by atoms with Gasteiger partial charge in [-0.25, -0.2) is 8.42 Å². The molecule has 172 valence electrons. The molecule has 1 aromatic heterocycles. The van der Waals surface area contributed by atoms with Crippen LogP contribution < -0.4 is 4.90 Å². The number of anilines is 1. The number of aryl methyl sites for hydroxylation is 1. The first-order valence-corrected chi connectivity index (χ1v) is 12.7. The second kappa shape index (κ2) is 8.44. The number of hydrogen-bond acceptors (Lipinski definition) is 4. The van der Waals surface area contributed by atoms with Gasteiger partial charge in [-0.05, 0) is 44.2 Å². The van der Waals surface area contributed by atoms with Gasteiger partial charge >= 0.3 is 0 Å². The molecule has 0 atom stereocenters. The topological polar surface area (TPSA) is 71.9 Å². The Labute approximate surface area is 193 Å². The molecule has 1 saturated heterocycles. The van der Waals surface area contributed by atoms with Gasteiger partial charge < -0.3 is 14.2 Å². The van der Waals surface area contributed by atoms with Gasteiger partial charge in [0.25, 0.3) is 5.91 Å². The number of para-hydroxylation sites is 1. The van der Waals surface area contributed by atoms with Crippen molar-refractivity contribution < 1.29 is 17.9 Å². The molecule has 5 rings (SSSR count). The fourth-order valence-electron chi connectivity index (χ4n) is 4.69. The van der Waals surface area contributed by atoms with Gasteiger partial charge in [-0.3, -0.25) is 4.79 Å². The highest BCUT2D eigenvalue weighted by Gasteiger charge is 2.34. The zero-order chi connectivity index (χ0) is 23.2. The lowest BCUT2D eigenvalue weighted by atomic mass is 10.0. The van der Waals surface area contributed by atoms with Crippen LogP contribution in [0.3, 0.4) is 0 Å². The van der Waals surface area contributed by atoms with Gasteiger partial charge in [-0.1, -0.05) is 18.2 Å². The predicted molar refractivity (Wildman–Crippen MR) is 130 cm³/mol. The van der Waals surface area contributed by atoms with Crippen molar-refractivity contribution >= 4 is 44.2 Å². The summed E-state index contributed by atoms with van der Waals surface area (Å²) in [7, 11) is -3.66. The molecule has 33 heavy (non-hydrogen) atoms. The molecule has 1 fully saturated rings. The maximum Gasteiger partial charge on any atom is 0.258 e. The third kappa shape index (κ3) is 3.58. The monoisotopic (exact) mass is 465 g/mol. The van der Waals surface area contributed by atoms with E-state index in [1.165, 1.54) is 4.31 Å². The number of likely N-dealkylation sites (N-methyl/N-ethyl adjacent to an activating group) is 1. The van der Waals surface area contributed by atoms with Gasteiger partial charge in [0.15, 0.2) is 0 Å². The third-order valence-electron chi connectivity index (χ3n) is 6.41. The molecule has 1 amide bonds. The highest BCUT2D eigenvalue weighted by molar-refractivity contribution is 7.89. The summed E-state index contributed by atoms with van der Waals surface area (Å²) in [6.07, 6.45) is 3.95. The van der Waals surface area contributed by atoms with Crippen molar-refractivity contribution in [3.63, 3.8) is 0 Å². The van der Waals surface area contributed by atoms with E-state index in [1.807, 2.05) is 37.4 Å². The first kappa shape index (κ1) is 21.9. The number of hydrogen-bond donors (Lipinski definition) is 0. The average Bonchev–Trinajstić information content (AvgIpc) is 3.34. The number of amides is 1. The average molecular weight is 466 g/mol. The maximum atomic E-state index is 13.3. The van der Waals surface area contributed by atoms with Crippen molar-refractivity contribution in [3.05, 3.63) is 59.8 Å². The Morgan fingerprint density at radius 2 is 1.79 bits per heavy atom. The van der Waals surface area contributed by atoms with Crippen molar-refractivity contribution in [2.24, 2.45) is 0 Å². The van der Waals surface area contributed by atoms with Crippen molar-refractivity contribution in [3.8, 4) is 0 Å². The number of sulfonamides is 1. The zero-order valence-corrected chi connectivity index (χ0v) is 19.6. The smallest absolute Gasteiger partial charge is 0.258 e. The lowest BCUT2D eigenvalue weighted by Crippen LogP contribution is -2.40. The lowest BCUT2D eigenvalue weighted by molar-refractivity contribution is -0.112. The number of carbonyl (C=O) groups is 1. The summed E-state index contributed by atoms with van der Waals surface area (Å²) < 4.78 is 35.4. The Kier molecular flexibility index (Phi) is 5.60. The van der Waals surface area contributed by atoms with Crippen LogP contribution in [0.5, 0.6) is 0 Å². The number of rotatable bonds is 5. The van der Waals surface area contributed by atoms with Crippen molar-refractivity contribution in [1.29, 1.82) is 0 Å². The van der Waals surface area contributed by atoms with Crippen molar-refractivity contribution in [2.45, 2.75) is 25.3 Å². The highest BCUT2D eigenvalue weighted by Crippen LogP contribution is 2.40. The van der Waals surface area contributed by atoms with Crippen LogP contribution in [0.2, 0.25) is 0 Å². The molecule has 2 aromatic carbocycles. The Hall–Kier alpha value is -2.94. The summed E-state index contributed by atoms with van der Waals surface area (Å²) in [5.74, 6) is -0.109. The Morgan fingerprint density at radius 1 is 1.03 bits per heavy atom. The van der Waals surface area contributed by atoms with E-state index in [0.717, 1.165) is 28.7 Å². The molecule has 8 heteroatoms. The lowest BCUT2D eigenvalue weighted by Gasteiger charge is -2.26. The number of nitrogens with zero attached hydrogens (tertiary/aromatic N) is 3. The van der Waals surface area contributed by atoms with Gasteiger partial charge in [0, 0.05) is 60.0 Å². The van der Waals surface area contributed by atoms with Crippen LogP contribution in [0.4, 0.5) is 5.69 Å². The largest absolute Gasteiger partial charge is 0.379 e. The minimum Gasteiger partial charge on any atom is -0.379 e. The van der Waals surface area contributed by atoms with Gasteiger partial charge in [0.1, 0.15) is 0 Å². The van der Waals surface area contributed by atoms with Crippen molar-refractivity contribution in [1.82, 2.24) is 8.87 Å². The molecule has 2 aliphatic rings. The summed E-state index contributed by atoms with van der Waals surface area (Å²) in [6.45, 7) is 6.77. The first-order chi connectivity index (χ1) is 16.0. The summed E-state index contributed by atoms with van der Waals surface area (Å²) in [6, 6.07) is 13.1. The number of ether oxygens (including phenoxy) is 1. The Bertz CT molecular complexity index is 1370. The van der Waals surface area contributed by atoms with Crippen LogP contribution in [0.25, 0.3) is 22.6 Å². The molecule has 0 aliphatic carbocycles. The van der Waals surface area contributed by atoms with Crippen LogP contribution in [0, 0.1) is 0 Å². The summed E-state index contributed by atoms with van der Waals surface area (Å²) in [4.78, 5) is 15.3. The van der Waals surface area contributed by atoms with E-state index in [1.54, 1.807) is 23.1 Å². The molecule has 2 aliphatic heterocycles. The molecule has 0 bridgehead atoms. The minimum atomic E-state index is -3.66. The van der Waals surface area contributed by atoms with E-state index in [-0.39, 0.29) is 10.8 Å². The quantitative estimate of drug-likeness (QED) is 0.540. The van der Waals surface area contributed by atoms with Crippen LogP contribution in [-0.4, -0.2) is 56.0 Å². The predicted octanol–water partition coefficient (Wildman–Crippen LogP) is 3.59. The fourth-order valence-corrected chi connectivity index (χ4v) is 6.13. The van der Waals surface area contributed by atoms with E-state index in [0.29, 0.717) is 44.0 Å². The Balaban J connectivity index is 1.64. The number of aromatic nitrogens is 1. The van der Waals surface area contributed by atoms with Gasteiger partial charge in [0.2, 0.25) is 10.0 Å². The maximum absolute atomic E-state index is 13.3. The minimum absolute atomic E-state index is 0.109. The van der Waals surface area contributed by atoms with Crippen LogP contribution in [0.1, 0.15) is 25.0 Å². The van der Waals surface area contributed by atoms with Crippen LogP contribution in [0.15, 0.2) is 53.6 Å². The highest BCUT2D eigenvalue weighted by atomic mass is 32.2. The second-order valence-corrected chi connectivity index (χ2v) is 10.1. The van der Waals surface area contributed by atoms with Crippen LogP contribution in [-0.2, 0) is 26.1 Å². The first-order valence-electron chi connectivity index (χ1n) is 11.3. The molecule has 0 saturated carbocycles. The molecular formula is C25H27N3O4S. The summed E-state index contributed by atoms with van der Waals surface area (Å²) in [5, 5.41) is 1.06. The molecular weight excluding hydrogens is 438 g/mol. The van der Waals surface area contributed by atoms with Gasteiger partial charge in [0.05, 0.1) is 23.8 Å². The fraction of sp³-hybridized carbons (Fsp3) is 0.320.